The number of rotatable bonds is 13. The molecule has 1 saturated heterocycles. The number of amides is 1. The van der Waals surface area contributed by atoms with E-state index < -0.39 is 0 Å². The fraction of sp³-hybridized carbons (Fsp3) is 0.538. The van der Waals surface area contributed by atoms with Gasteiger partial charge in [-0.05, 0) is 42.5 Å². The zero-order valence-electron chi connectivity index (χ0n) is 20.2. The van der Waals surface area contributed by atoms with Crippen molar-refractivity contribution < 1.29 is 23.7 Å². The molecule has 0 unspecified atom stereocenters. The van der Waals surface area contributed by atoms with Crippen LogP contribution >= 0.6 is 0 Å². The number of aromatic nitrogens is 1. The second kappa shape index (κ2) is 12.4. The van der Waals surface area contributed by atoms with E-state index in [1.165, 1.54) is 12.8 Å². The van der Waals surface area contributed by atoms with Crippen molar-refractivity contribution in [3.05, 3.63) is 47.8 Å². The first-order chi connectivity index (χ1) is 16.0. The molecule has 0 saturated carbocycles. The van der Waals surface area contributed by atoms with Crippen molar-refractivity contribution in [1.29, 1.82) is 0 Å². The molecule has 1 aromatic carbocycles. The molecule has 1 amide bonds. The van der Waals surface area contributed by atoms with Crippen molar-refractivity contribution in [2.75, 3.05) is 47.1 Å². The van der Waals surface area contributed by atoms with Crippen LogP contribution in [0.2, 0.25) is 0 Å². The standard InChI is InChI=1S/C26H36N2O5/c1-19(2)7-5-6-12-33-24-9-8-20(15-25(24)31-4)21-17-28(18-21)26(29)23-16-22(10-11-27-23)32-14-13-30-3/h8-11,15-16,19,21H,5-7,12-14,17-18H2,1-4H3. The summed E-state index contributed by atoms with van der Waals surface area (Å²) in [4.78, 5) is 18.8. The van der Waals surface area contributed by atoms with Gasteiger partial charge in [0.15, 0.2) is 11.5 Å². The molecule has 1 aliphatic heterocycles. The van der Waals surface area contributed by atoms with Crippen LogP contribution in [-0.4, -0.2) is 62.9 Å². The van der Waals surface area contributed by atoms with Crippen LogP contribution in [-0.2, 0) is 4.74 Å². The molecule has 1 fully saturated rings. The molecule has 0 bridgehead atoms. The Labute approximate surface area is 197 Å². The summed E-state index contributed by atoms with van der Waals surface area (Å²) in [5.74, 6) is 3.03. The molecule has 0 aliphatic carbocycles. The molecule has 2 heterocycles. The average Bonchev–Trinajstić information content (AvgIpc) is 2.78. The van der Waals surface area contributed by atoms with Gasteiger partial charge < -0.3 is 23.8 Å². The molecule has 0 radical (unpaired) electrons. The molecule has 0 N–H and O–H groups in total. The maximum Gasteiger partial charge on any atom is 0.272 e. The Morgan fingerprint density at radius 2 is 1.85 bits per heavy atom. The van der Waals surface area contributed by atoms with Gasteiger partial charge in [-0.2, -0.15) is 0 Å². The Hall–Kier alpha value is -2.80. The van der Waals surface area contributed by atoms with E-state index in [9.17, 15) is 4.79 Å². The summed E-state index contributed by atoms with van der Waals surface area (Å²) < 4.78 is 22.1. The van der Waals surface area contributed by atoms with Gasteiger partial charge in [-0.3, -0.25) is 9.78 Å². The number of hydrogen-bond donors (Lipinski definition) is 0. The lowest BCUT2D eigenvalue weighted by molar-refractivity contribution is 0.0595. The van der Waals surface area contributed by atoms with Gasteiger partial charge in [0.25, 0.3) is 5.91 Å². The molecule has 0 atom stereocenters. The molecule has 1 aromatic heterocycles. The van der Waals surface area contributed by atoms with Crippen molar-refractivity contribution in [1.82, 2.24) is 9.88 Å². The number of carbonyl (C=O) groups is 1. The summed E-state index contributed by atoms with van der Waals surface area (Å²) >= 11 is 0. The van der Waals surface area contributed by atoms with Gasteiger partial charge in [-0.15, -0.1) is 0 Å². The van der Waals surface area contributed by atoms with Gasteiger partial charge in [0.1, 0.15) is 18.1 Å². The predicted octanol–water partition coefficient (Wildman–Crippen LogP) is 4.56. The van der Waals surface area contributed by atoms with Crippen molar-refractivity contribution in [2.45, 2.75) is 39.0 Å². The van der Waals surface area contributed by atoms with Crippen molar-refractivity contribution in [2.24, 2.45) is 5.92 Å². The van der Waals surface area contributed by atoms with Gasteiger partial charge in [0, 0.05) is 38.4 Å². The highest BCUT2D eigenvalue weighted by molar-refractivity contribution is 5.93. The van der Waals surface area contributed by atoms with Gasteiger partial charge >= 0.3 is 0 Å². The average molecular weight is 457 g/mol. The highest BCUT2D eigenvalue weighted by Crippen LogP contribution is 2.35. The van der Waals surface area contributed by atoms with Gasteiger partial charge in [0.05, 0.1) is 20.3 Å². The number of hydrogen-bond acceptors (Lipinski definition) is 6. The summed E-state index contributed by atoms with van der Waals surface area (Å²) in [7, 11) is 3.28. The zero-order valence-corrected chi connectivity index (χ0v) is 20.2. The van der Waals surface area contributed by atoms with Crippen molar-refractivity contribution in [3.8, 4) is 17.2 Å². The Morgan fingerprint density at radius 3 is 2.58 bits per heavy atom. The fourth-order valence-corrected chi connectivity index (χ4v) is 3.77. The van der Waals surface area contributed by atoms with E-state index in [2.05, 4.69) is 24.9 Å². The third-order valence-corrected chi connectivity index (χ3v) is 5.77. The minimum Gasteiger partial charge on any atom is -0.493 e. The number of ether oxygens (including phenoxy) is 4. The summed E-state index contributed by atoms with van der Waals surface area (Å²) in [5, 5.41) is 0. The Bertz CT molecular complexity index is 896. The molecule has 2 aromatic rings. The normalized spacial score (nSPS) is 13.7. The summed E-state index contributed by atoms with van der Waals surface area (Å²) in [6.45, 7) is 7.38. The Balaban J connectivity index is 1.51. The number of nitrogens with zero attached hydrogens (tertiary/aromatic N) is 2. The minimum atomic E-state index is -0.0863. The SMILES string of the molecule is COCCOc1ccnc(C(=O)N2CC(c3ccc(OCCCCC(C)C)c(OC)c3)C2)c1. The van der Waals surface area contributed by atoms with Gasteiger partial charge in [-0.25, -0.2) is 0 Å². The fourth-order valence-electron chi connectivity index (χ4n) is 3.77. The van der Waals surface area contributed by atoms with Crippen LogP contribution in [0.4, 0.5) is 0 Å². The molecular formula is C26H36N2O5. The lowest BCUT2D eigenvalue weighted by Gasteiger charge is -2.39. The summed E-state index contributed by atoms with van der Waals surface area (Å²) in [5.41, 5.74) is 1.54. The lowest BCUT2D eigenvalue weighted by Crippen LogP contribution is -2.48. The lowest BCUT2D eigenvalue weighted by atomic mass is 9.91. The van der Waals surface area contributed by atoms with E-state index in [1.54, 1.807) is 37.4 Å². The first-order valence-electron chi connectivity index (χ1n) is 11.7. The number of carbonyl (C=O) groups excluding carboxylic acids is 1. The van der Waals surface area contributed by atoms with Crippen LogP contribution in [0, 0.1) is 5.92 Å². The number of methoxy groups -OCH3 is 2. The summed E-state index contributed by atoms with van der Waals surface area (Å²) in [6, 6.07) is 9.50. The Kier molecular flexibility index (Phi) is 9.36. The van der Waals surface area contributed by atoms with Crippen LogP contribution in [0.1, 0.15) is 55.1 Å². The first kappa shape index (κ1) is 24.8. The van der Waals surface area contributed by atoms with Crippen molar-refractivity contribution >= 4 is 5.91 Å². The van der Waals surface area contributed by atoms with Crippen LogP contribution in [0.25, 0.3) is 0 Å². The molecule has 0 spiro atoms. The molecule has 7 nitrogen and oxygen atoms in total. The number of unbranched alkanes of at least 4 members (excludes halogenated alkanes) is 1. The third kappa shape index (κ3) is 7.09. The second-order valence-corrected chi connectivity index (χ2v) is 8.77. The zero-order chi connectivity index (χ0) is 23.6. The van der Waals surface area contributed by atoms with E-state index in [0.29, 0.717) is 44.4 Å². The third-order valence-electron chi connectivity index (χ3n) is 5.77. The van der Waals surface area contributed by atoms with E-state index >= 15 is 0 Å². The maximum absolute atomic E-state index is 12.8. The highest BCUT2D eigenvalue weighted by Gasteiger charge is 2.33. The second-order valence-electron chi connectivity index (χ2n) is 8.77. The largest absolute Gasteiger partial charge is 0.493 e. The van der Waals surface area contributed by atoms with Gasteiger partial charge in [0.2, 0.25) is 0 Å². The monoisotopic (exact) mass is 456 g/mol. The molecule has 7 heteroatoms. The number of benzene rings is 1. The van der Waals surface area contributed by atoms with Gasteiger partial charge in [-0.1, -0.05) is 26.3 Å². The predicted molar refractivity (Wildman–Crippen MR) is 127 cm³/mol. The quantitative estimate of drug-likeness (QED) is 0.412. The molecule has 180 valence electrons. The van der Waals surface area contributed by atoms with Crippen LogP contribution in [0.3, 0.4) is 0 Å². The molecule has 3 rings (SSSR count). The molecular weight excluding hydrogens is 420 g/mol. The molecule has 1 aliphatic rings. The van der Waals surface area contributed by atoms with Crippen LogP contribution in [0.5, 0.6) is 17.2 Å². The van der Waals surface area contributed by atoms with Crippen LogP contribution in [0.15, 0.2) is 36.5 Å². The maximum atomic E-state index is 12.8. The Morgan fingerprint density at radius 1 is 1.03 bits per heavy atom. The van der Waals surface area contributed by atoms with E-state index in [0.717, 1.165) is 29.4 Å². The number of likely N-dealkylation sites (tertiary alicyclic amines) is 1. The summed E-state index contributed by atoms with van der Waals surface area (Å²) in [6.07, 6.45) is 5.02. The highest BCUT2D eigenvalue weighted by atomic mass is 16.5. The number of pyridine rings is 1. The van der Waals surface area contributed by atoms with E-state index in [1.807, 2.05) is 12.1 Å². The van der Waals surface area contributed by atoms with Crippen molar-refractivity contribution in [3.63, 3.8) is 0 Å². The smallest absolute Gasteiger partial charge is 0.272 e. The topological polar surface area (TPSA) is 70.1 Å². The van der Waals surface area contributed by atoms with E-state index in [-0.39, 0.29) is 11.8 Å². The molecule has 33 heavy (non-hydrogen) atoms. The van der Waals surface area contributed by atoms with Crippen LogP contribution < -0.4 is 14.2 Å². The first-order valence-corrected chi connectivity index (χ1v) is 11.7. The van der Waals surface area contributed by atoms with E-state index in [4.69, 9.17) is 18.9 Å². The minimum absolute atomic E-state index is 0.0863.